The number of hydrogen-bond acceptors (Lipinski definition) is 6. The predicted molar refractivity (Wildman–Crippen MR) is 130 cm³/mol. The number of pyridine rings is 1. The summed E-state index contributed by atoms with van der Waals surface area (Å²) in [5.74, 6) is 1.62. The van der Waals surface area contributed by atoms with Gasteiger partial charge in [0.05, 0.1) is 11.4 Å². The van der Waals surface area contributed by atoms with Crippen LogP contribution < -0.4 is 20.6 Å². The van der Waals surface area contributed by atoms with Crippen LogP contribution in [0.2, 0.25) is 5.02 Å². The van der Waals surface area contributed by atoms with Crippen LogP contribution in [0.3, 0.4) is 0 Å². The quantitative estimate of drug-likeness (QED) is 0.232. The molecule has 1 aliphatic heterocycles. The molecule has 1 aromatic carbocycles. The molecular weight excluding hydrogens is 528 g/mol. The second kappa shape index (κ2) is 8.42. The van der Waals surface area contributed by atoms with Crippen molar-refractivity contribution in [2.75, 3.05) is 26.9 Å². The van der Waals surface area contributed by atoms with E-state index in [0.717, 1.165) is 40.6 Å². The molecule has 6 nitrogen and oxygen atoms in total. The summed E-state index contributed by atoms with van der Waals surface area (Å²) in [6, 6.07) is 7.69. The largest absolute Gasteiger partial charge is 0.360 e. The molecule has 2 aliphatic rings. The van der Waals surface area contributed by atoms with Crippen molar-refractivity contribution in [2.45, 2.75) is 30.8 Å². The van der Waals surface area contributed by atoms with Gasteiger partial charge in [0.2, 0.25) is 5.91 Å². The Morgan fingerprint density at radius 2 is 2.18 bits per heavy atom. The number of rotatable bonds is 6. The monoisotopic (exact) mass is 547 g/mol. The number of halogens is 2. The van der Waals surface area contributed by atoms with Crippen molar-refractivity contribution in [3.05, 3.63) is 29.3 Å². The van der Waals surface area contributed by atoms with Crippen molar-refractivity contribution in [2.24, 2.45) is 5.92 Å². The van der Waals surface area contributed by atoms with E-state index in [1.54, 1.807) is 11.8 Å². The van der Waals surface area contributed by atoms with Gasteiger partial charge in [0.1, 0.15) is 17.7 Å². The average Bonchev–Trinajstić information content (AvgIpc) is 3.47. The number of amides is 1. The molecule has 1 aromatic heterocycles. The number of thioether (sulfide) groups is 1. The molecule has 1 saturated carbocycles. The van der Waals surface area contributed by atoms with E-state index in [1.165, 1.54) is 0 Å². The van der Waals surface area contributed by atoms with E-state index in [-0.39, 0.29) is 18.0 Å². The van der Waals surface area contributed by atoms with Crippen LogP contribution in [0, 0.1) is 5.92 Å². The number of hydrogen-bond donors (Lipinski definition) is 3. The lowest BCUT2D eigenvalue weighted by atomic mass is 10.2. The highest BCUT2D eigenvalue weighted by Gasteiger charge is 2.32. The molecule has 2 atom stereocenters. The molecule has 1 amide bonds. The Kier molecular flexibility index (Phi) is 6.11. The number of benzene rings is 1. The van der Waals surface area contributed by atoms with Gasteiger partial charge < -0.3 is 20.6 Å². The molecule has 2 unspecified atom stereocenters. The van der Waals surface area contributed by atoms with Crippen molar-refractivity contribution >= 4 is 86.4 Å². The van der Waals surface area contributed by atoms with Gasteiger partial charge in [-0.25, -0.2) is 4.98 Å². The number of carbonyl (C=O) groups excluding carboxylic acids is 1. The Hall–Kier alpha value is -0.960. The summed E-state index contributed by atoms with van der Waals surface area (Å²) in [6.07, 6.45) is 4.62. The summed E-state index contributed by atoms with van der Waals surface area (Å²) in [5, 5.41) is 10.7. The molecule has 10 heteroatoms. The van der Waals surface area contributed by atoms with Crippen molar-refractivity contribution in [3.8, 4) is 0 Å². The molecule has 0 spiro atoms. The van der Waals surface area contributed by atoms with Crippen LogP contribution in [-0.4, -0.2) is 23.3 Å². The smallest absolute Gasteiger partial charge is 0.228 e. The number of fused-ring (bicyclic) bond motifs is 1. The summed E-state index contributed by atoms with van der Waals surface area (Å²) in [5.41, 5.74) is 2.80. The Labute approximate surface area is 188 Å². The zero-order valence-corrected chi connectivity index (χ0v) is 20.1. The van der Waals surface area contributed by atoms with Crippen LogP contribution in [0.25, 0.3) is 0 Å². The molecule has 28 heavy (non-hydrogen) atoms. The predicted octanol–water partition coefficient (Wildman–Crippen LogP) is 6.07. The first-order valence-corrected chi connectivity index (χ1v) is 14.5. The van der Waals surface area contributed by atoms with Gasteiger partial charge in [-0.15, -0.1) is 11.8 Å². The fourth-order valence-electron chi connectivity index (χ4n) is 3.07. The van der Waals surface area contributed by atoms with Gasteiger partial charge in [-0.1, -0.05) is 11.6 Å². The summed E-state index contributed by atoms with van der Waals surface area (Å²) in [4.78, 5) is 18.1. The summed E-state index contributed by atoms with van der Waals surface area (Å²) in [6.45, 7) is 2.11. The topological polar surface area (TPSA) is 69.3 Å². The summed E-state index contributed by atoms with van der Waals surface area (Å²) in [7, 11) is 0. The summed E-state index contributed by atoms with van der Waals surface area (Å²) < 4.78 is 2.20. The molecule has 4 rings (SSSR count). The van der Waals surface area contributed by atoms with Crippen LogP contribution in [0.4, 0.5) is 28.7 Å². The average molecular weight is 548 g/mol. The third-order valence-electron chi connectivity index (χ3n) is 4.69. The fraction of sp³-hybridized carbons (Fsp3) is 0.333. The minimum absolute atomic E-state index is 0.0529. The zero-order valence-electron chi connectivity index (χ0n) is 15.3. The fourth-order valence-corrected chi connectivity index (χ4v) is 6.28. The van der Waals surface area contributed by atoms with E-state index in [9.17, 15) is 4.79 Å². The van der Waals surface area contributed by atoms with Gasteiger partial charge in [0, 0.05) is 28.3 Å². The lowest BCUT2D eigenvalue weighted by Gasteiger charge is -2.19. The second-order valence-electron chi connectivity index (χ2n) is 6.76. The van der Waals surface area contributed by atoms with Crippen LogP contribution in [-0.2, 0) is 4.79 Å². The van der Waals surface area contributed by atoms with Gasteiger partial charge in [0.15, 0.2) is 5.82 Å². The van der Waals surface area contributed by atoms with Crippen LogP contribution in [0.1, 0.15) is 19.8 Å². The molecule has 3 N–H and O–H groups in total. The Morgan fingerprint density at radius 3 is 2.86 bits per heavy atom. The Morgan fingerprint density at radius 1 is 1.39 bits per heavy atom. The van der Waals surface area contributed by atoms with Crippen molar-refractivity contribution < 1.29 is 4.79 Å². The van der Waals surface area contributed by atoms with E-state index in [4.69, 9.17) is 16.6 Å². The number of nitrogens with zero attached hydrogens (tertiary/aromatic N) is 2. The maximum Gasteiger partial charge on any atom is 0.228 e. The lowest BCUT2D eigenvalue weighted by Crippen LogP contribution is -2.24. The van der Waals surface area contributed by atoms with Crippen molar-refractivity contribution in [1.29, 1.82) is 0 Å². The Bertz CT molecular complexity index is 929. The van der Waals surface area contributed by atoms with E-state index in [1.807, 2.05) is 30.5 Å². The standard InChI is InChI=1S/C18H20ClIN5OPS/c1-9-21-16-13(22-12-6-5-11(19)7-14(12)28-2)8-15(23-17(16)25(9)27-20)24-18(26)10-3-4-10/h5-10,21,27H,3-4H2,1-2H3,(H2,22,23,24,26). The molecule has 1 aliphatic carbocycles. The molecule has 2 aromatic rings. The van der Waals surface area contributed by atoms with Crippen molar-refractivity contribution in [3.63, 3.8) is 0 Å². The third kappa shape index (κ3) is 4.15. The van der Waals surface area contributed by atoms with Crippen LogP contribution in [0.5, 0.6) is 0 Å². The third-order valence-corrected chi connectivity index (χ3v) is 8.05. The first-order valence-electron chi connectivity index (χ1n) is 8.88. The maximum absolute atomic E-state index is 12.3. The normalized spacial score (nSPS) is 18.3. The van der Waals surface area contributed by atoms with E-state index >= 15 is 0 Å². The Balaban J connectivity index is 1.73. The number of carbonyl (C=O) groups is 1. The van der Waals surface area contributed by atoms with E-state index in [0.29, 0.717) is 17.2 Å². The second-order valence-corrected chi connectivity index (χ2v) is 10.1. The lowest BCUT2D eigenvalue weighted by molar-refractivity contribution is -0.117. The summed E-state index contributed by atoms with van der Waals surface area (Å²) >= 11 is 10.1. The van der Waals surface area contributed by atoms with Gasteiger partial charge >= 0.3 is 0 Å². The minimum atomic E-state index is 0.0529. The number of aromatic nitrogens is 1. The highest BCUT2D eigenvalue weighted by molar-refractivity contribution is 14.2. The molecule has 2 heterocycles. The van der Waals surface area contributed by atoms with Gasteiger partial charge in [-0.3, -0.25) is 4.79 Å². The van der Waals surface area contributed by atoms with Crippen LogP contribution >= 0.6 is 51.8 Å². The van der Waals surface area contributed by atoms with E-state index < -0.39 is 0 Å². The molecule has 148 valence electrons. The first-order chi connectivity index (χ1) is 13.5. The molecule has 0 saturated heterocycles. The number of anilines is 5. The van der Waals surface area contributed by atoms with Gasteiger partial charge in [0.25, 0.3) is 0 Å². The van der Waals surface area contributed by atoms with Crippen molar-refractivity contribution in [1.82, 2.24) is 4.98 Å². The maximum atomic E-state index is 12.3. The highest BCUT2D eigenvalue weighted by Crippen LogP contribution is 2.48. The molecule has 0 radical (unpaired) electrons. The number of nitrogens with one attached hydrogen (secondary N) is 3. The highest BCUT2D eigenvalue weighted by atomic mass is 127. The zero-order chi connectivity index (χ0) is 19.8. The minimum Gasteiger partial charge on any atom is -0.360 e. The SMILES string of the molecule is CSc1cc(Cl)ccc1Nc1cc(NC(=O)C2CC2)nc2c1NC(C)N2PI. The van der Waals surface area contributed by atoms with Crippen LogP contribution in [0.15, 0.2) is 29.2 Å². The van der Waals surface area contributed by atoms with Gasteiger partial charge in [-0.2, -0.15) is 0 Å². The molecule has 0 bridgehead atoms. The molecule has 1 fully saturated rings. The van der Waals surface area contributed by atoms with Gasteiger partial charge in [-0.05, 0) is 66.3 Å². The molecular formula is C18H20ClIN5OPS. The van der Waals surface area contributed by atoms with E-state index in [2.05, 4.69) is 49.6 Å². The first kappa shape index (κ1) is 20.3.